The van der Waals surface area contributed by atoms with E-state index in [1.54, 1.807) is 19.2 Å². The normalized spacial score (nSPS) is 12.6. The van der Waals surface area contributed by atoms with Crippen molar-refractivity contribution in [2.45, 2.75) is 30.7 Å². The largest absolute Gasteiger partial charge is 0.377 e. The number of hydrogen-bond acceptors (Lipinski definition) is 5. The Morgan fingerprint density at radius 1 is 1.44 bits per heavy atom. The van der Waals surface area contributed by atoms with Gasteiger partial charge in [-0.3, -0.25) is 0 Å². The second-order valence-electron chi connectivity index (χ2n) is 4.17. The molecule has 0 saturated heterocycles. The maximum absolute atomic E-state index is 12.2. The maximum Gasteiger partial charge on any atom is 0.252 e. The van der Waals surface area contributed by atoms with Gasteiger partial charge in [-0.05, 0) is 26.0 Å². The molecule has 18 heavy (non-hydrogen) atoms. The molecule has 0 amide bonds. The second kappa shape index (κ2) is 6.63. The highest BCUT2D eigenvalue weighted by molar-refractivity contribution is 7.91. The fourth-order valence-corrected chi connectivity index (χ4v) is 3.90. The van der Waals surface area contributed by atoms with Crippen LogP contribution in [0.15, 0.2) is 16.3 Å². The number of rotatable bonds is 7. The van der Waals surface area contributed by atoms with Crippen molar-refractivity contribution in [3.8, 4) is 0 Å². The van der Waals surface area contributed by atoms with Crippen LogP contribution in [0.5, 0.6) is 0 Å². The first-order chi connectivity index (χ1) is 8.37. The molecule has 0 aliphatic carbocycles. The van der Waals surface area contributed by atoms with Gasteiger partial charge in [0.2, 0.25) is 0 Å². The Bertz CT molecular complexity index is 468. The zero-order valence-electron chi connectivity index (χ0n) is 10.9. The molecular formula is C11H20N2O3S2. The standard InChI is InChI=1S/C11H20N2O3S2/c1-9(2)16-7-6-13(3)18(14,15)11-5-4-10(8-12)17-11/h4-5,9H,6-8,12H2,1-3H3. The van der Waals surface area contributed by atoms with E-state index in [9.17, 15) is 8.42 Å². The minimum absolute atomic E-state index is 0.103. The molecule has 7 heteroatoms. The third kappa shape index (κ3) is 4.03. The molecular weight excluding hydrogens is 272 g/mol. The number of likely N-dealkylation sites (N-methyl/N-ethyl adjacent to an activating group) is 1. The first kappa shape index (κ1) is 15.6. The predicted molar refractivity (Wildman–Crippen MR) is 73.1 cm³/mol. The number of hydrogen-bond donors (Lipinski definition) is 1. The smallest absolute Gasteiger partial charge is 0.252 e. The topological polar surface area (TPSA) is 72.6 Å². The summed E-state index contributed by atoms with van der Waals surface area (Å²) in [6.07, 6.45) is 0.103. The summed E-state index contributed by atoms with van der Waals surface area (Å²) in [6.45, 7) is 4.93. The van der Waals surface area contributed by atoms with Gasteiger partial charge in [-0.1, -0.05) is 0 Å². The van der Waals surface area contributed by atoms with Crippen LogP contribution in [0.1, 0.15) is 18.7 Å². The molecule has 1 aromatic rings. The molecule has 0 radical (unpaired) electrons. The second-order valence-corrected chi connectivity index (χ2v) is 7.61. The quantitative estimate of drug-likeness (QED) is 0.821. The fraction of sp³-hybridized carbons (Fsp3) is 0.636. The molecule has 0 saturated carbocycles. The van der Waals surface area contributed by atoms with Gasteiger partial charge >= 0.3 is 0 Å². The first-order valence-electron chi connectivity index (χ1n) is 5.74. The van der Waals surface area contributed by atoms with E-state index in [4.69, 9.17) is 10.5 Å². The summed E-state index contributed by atoms with van der Waals surface area (Å²) in [4.78, 5) is 0.861. The molecule has 0 aromatic carbocycles. The Hall–Kier alpha value is -0.470. The zero-order valence-corrected chi connectivity index (χ0v) is 12.6. The number of nitrogens with zero attached hydrogens (tertiary/aromatic N) is 1. The lowest BCUT2D eigenvalue weighted by Gasteiger charge is -2.16. The van der Waals surface area contributed by atoms with Gasteiger partial charge in [-0.15, -0.1) is 11.3 Å². The van der Waals surface area contributed by atoms with Crippen LogP contribution in [0.2, 0.25) is 0 Å². The maximum atomic E-state index is 12.2. The summed E-state index contributed by atoms with van der Waals surface area (Å²) >= 11 is 1.21. The van der Waals surface area contributed by atoms with E-state index in [0.29, 0.717) is 23.9 Å². The summed E-state index contributed by atoms with van der Waals surface area (Å²) in [5.74, 6) is 0. The van der Waals surface area contributed by atoms with E-state index in [-0.39, 0.29) is 6.10 Å². The lowest BCUT2D eigenvalue weighted by Crippen LogP contribution is -2.30. The van der Waals surface area contributed by atoms with Crippen LogP contribution in [0.4, 0.5) is 0 Å². The van der Waals surface area contributed by atoms with Crippen LogP contribution in [0, 0.1) is 0 Å². The van der Waals surface area contributed by atoms with E-state index in [2.05, 4.69) is 0 Å². The molecule has 0 unspecified atom stereocenters. The Labute approximate surface area is 113 Å². The van der Waals surface area contributed by atoms with Crippen LogP contribution in [-0.2, 0) is 21.3 Å². The van der Waals surface area contributed by atoms with E-state index in [1.165, 1.54) is 15.6 Å². The van der Waals surface area contributed by atoms with Gasteiger partial charge < -0.3 is 10.5 Å². The highest BCUT2D eigenvalue weighted by atomic mass is 32.2. The van der Waals surface area contributed by atoms with Crippen LogP contribution < -0.4 is 5.73 Å². The number of sulfonamides is 1. The van der Waals surface area contributed by atoms with Crippen molar-refractivity contribution in [2.75, 3.05) is 20.2 Å². The van der Waals surface area contributed by atoms with Gasteiger partial charge in [-0.2, -0.15) is 4.31 Å². The molecule has 5 nitrogen and oxygen atoms in total. The molecule has 1 heterocycles. The molecule has 1 rings (SSSR count). The Morgan fingerprint density at radius 2 is 2.11 bits per heavy atom. The molecule has 0 spiro atoms. The summed E-state index contributed by atoms with van der Waals surface area (Å²) in [5.41, 5.74) is 5.48. The van der Waals surface area contributed by atoms with Crippen molar-refractivity contribution in [3.63, 3.8) is 0 Å². The van der Waals surface area contributed by atoms with Crippen molar-refractivity contribution in [1.82, 2.24) is 4.31 Å². The number of ether oxygens (including phenoxy) is 1. The molecule has 0 aliphatic heterocycles. The molecule has 104 valence electrons. The Morgan fingerprint density at radius 3 is 2.61 bits per heavy atom. The molecule has 1 aromatic heterocycles. The van der Waals surface area contributed by atoms with Crippen molar-refractivity contribution in [3.05, 3.63) is 17.0 Å². The van der Waals surface area contributed by atoms with Crippen molar-refractivity contribution >= 4 is 21.4 Å². The van der Waals surface area contributed by atoms with E-state index in [0.717, 1.165) is 4.88 Å². The van der Waals surface area contributed by atoms with Crippen LogP contribution >= 0.6 is 11.3 Å². The van der Waals surface area contributed by atoms with Gasteiger partial charge in [-0.25, -0.2) is 8.42 Å². The van der Waals surface area contributed by atoms with Gasteiger partial charge in [0.25, 0.3) is 10.0 Å². The molecule has 0 bridgehead atoms. The highest BCUT2D eigenvalue weighted by Gasteiger charge is 2.22. The van der Waals surface area contributed by atoms with Gasteiger partial charge in [0.1, 0.15) is 4.21 Å². The molecule has 0 atom stereocenters. The summed E-state index contributed by atoms with van der Waals surface area (Å²) in [6, 6.07) is 3.35. The van der Waals surface area contributed by atoms with Crippen molar-refractivity contribution in [1.29, 1.82) is 0 Å². The third-order valence-electron chi connectivity index (χ3n) is 2.36. The monoisotopic (exact) mass is 292 g/mol. The van der Waals surface area contributed by atoms with Gasteiger partial charge in [0, 0.05) is 25.0 Å². The Balaban J connectivity index is 2.67. The minimum Gasteiger partial charge on any atom is -0.377 e. The minimum atomic E-state index is -3.41. The van der Waals surface area contributed by atoms with Crippen molar-refractivity contribution < 1.29 is 13.2 Å². The predicted octanol–water partition coefficient (Wildman–Crippen LogP) is 1.25. The van der Waals surface area contributed by atoms with Crippen LogP contribution in [0.25, 0.3) is 0 Å². The average Bonchev–Trinajstić information content (AvgIpc) is 2.77. The van der Waals surface area contributed by atoms with Gasteiger partial charge in [0.15, 0.2) is 0 Å². The lowest BCUT2D eigenvalue weighted by molar-refractivity contribution is 0.0737. The summed E-state index contributed by atoms with van der Waals surface area (Å²) < 4.78 is 31.3. The molecule has 2 N–H and O–H groups in total. The molecule has 0 aliphatic rings. The summed E-state index contributed by atoms with van der Waals surface area (Å²) in [5, 5.41) is 0. The average molecular weight is 292 g/mol. The van der Waals surface area contributed by atoms with E-state index in [1.807, 2.05) is 13.8 Å². The Kier molecular flexibility index (Phi) is 5.74. The molecule has 0 fully saturated rings. The number of nitrogens with two attached hydrogens (primary N) is 1. The zero-order chi connectivity index (χ0) is 13.8. The van der Waals surface area contributed by atoms with Crippen LogP contribution in [0.3, 0.4) is 0 Å². The highest BCUT2D eigenvalue weighted by Crippen LogP contribution is 2.23. The first-order valence-corrected chi connectivity index (χ1v) is 8.00. The number of thiophene rings is 1. The lowest BCUT2D eigenvalue weighted by atomic mass is 10.5. The SMILES string of the molecule is CC(C)OCCN(C)S(=O)(=O)c1ccc(CN)s1. The van der Waals surface area contributed by atoms with E-state index < -0.39 is 10.0 Å². The van der Waals surface area contributed by atoms with Crippen molar-refractivity contribution in [2.24, 2.45) is 5.73 Å². The van der Waals surface area contributed by atoms with Crippen LogP contribution in [-0.4, -0.2) is 39.0 Å². The fourth-order valence-electron chi connectivity index (χ4n) is 1.30. The van der Waals surface area contributed by atoms with E-state index >= 15 is 0 Å². The van der Waals surface area contributed by atoms with Gasteiger partial charge in [0.05, 0.1) is 12.7 Å². The summed E-state index contributed by atoms with van der Waals surface area (Å²) in [7, 11) is -1.85. The third-order valence-corrected chi connectivity index (χ3v) is 5.79.